The number of hydrogen-bond acceptors (Lipinski definition) is 3. The van der Waals surface area contributed by atoms with Crippen molar-refractivity contribution in [3.05, 3.63) is 65.0 Å². The molecule has 1 heterocycles. The van der Waals surface area contributed by atoms with Gasteiger partial charge in [0.05, 0.1) is 0 Å². The molecule has 22 heavy (non-hydrogen) atoms. The summed E-state index contributed by atoms with van der Waals surface area (Å²) in [6.07, 6.45) is 0. The van der Waals surface area contributed by atoms with Crippen molar-refractivity contribution in [1.29, 1.82) is 0 Å². The summed E-state index contributed by atoms with van der Waals surface area (Å²) in [4.78, 5) is 29.7. The molecule has 0 saturated heterocycles. The van der Waals surface area contributed by atoms with Crippen molar-refractivity contribution in [3.63, 3.8) is 0 Å². The average Bonchev–Trinajstić information content (AvgIpc) is 2.54. The van der Waals surface area contributed by atoms with Crippen molar-refractivity contribution >= 4 is 11.8 Å². The van der Waals surface area contributed by atoms with Crippen molar-refractivity contribution in [2.45, 2.75) is 13.5 Å². The second kappa shape index (κ2) is 6.85. The second-order valence-electron chi connectivity index (χ2n) is 5.10. The normalized spacial score (nSPS) is 10.1. The molecule has 0 aliphatic rings. The van der Waals surface area contributed by atoms with Gasteiger partial charge in [-0.3, -0.25) is 9.59 Å². The lowest BCUT2D eigenvalue weighted by atomic mass is 10.1. The Balaban J connectivity index is 2.06. The molecule has 1 N–H and O–H groups in total. The van der Waals surface area contributed by atoms with Crippen LogP contribution in [0.15, 0.2) is 42.5 Å². The molecule has 5 heteroatoms. The van der Waals surface area contributed by atoms with E-state index in [2.05, 4.69) is 10.3 Å². The van der Waals surface area contributed by atoms with Crippen LogP contribution in [0.4, 0.5) is 0 Å². The number of nitrogens with zero attached hydrogens (tertiary/aromatic N) is 2. The molecule has 1 aromatic carbocycles. The molecule has 0 aliphatic heterocycles. The van der Waals surface area contributed by atoms with Crippen LogP contribution in [0, 0.1) is 6.92 Å². The van der Waals surface area contributed by atoms with Gasteiger partial charge in [0.25, 0.3) is 11.8 Å². The highest BCUT2D eigenvalue weighted by molar-refractivity contribution is 5.94. The van der Waals surface area contributed by atoms with Crippen LogP contribution in [-0.2, 0) is 6.54 Å². The van der Waals surface area contributed by atoms with Gasteiger partial charge in [0.1, 0.15) is 5.69 Å². The summed E-state index contributed by atoms with van der Waals surface area (Å²) >= 11 is 0. The zero-order chi connectivity index (χ0) is 16.1. The largest absolute Gasteiger partial charge is 0.355 e. The second-order valence-corrected chi connectivity index (χ2v) is 5.10. The van der Waals surface area contributed by atoms with E-state index >= 15 is 0 Å². The average molecular weight is 297 g/mol. The summed E-state index contributed by atoms with van der Waals surface area (Å²) in [5.41, 5.74) is 2.80. The van der Waals surface area contributed by atoms with Gasteiger partial charge < -0.3 is 10.2 Å². The number of aryl methyl sites for hydroxylation is 1. The molecule has 114 valence electrons. The van der Waals surface area contributed by atoms with E-state index in [1.807, 2.05) is 31.2 Å². The first-order valence-corrected chi connectivity index (χ1v) is 7.01. The molecule has 0 fully saturated rings. The number of benzene rings is 1. The van der Waals surface area contributed by atoms with E-state index < -0.39 is 0 Å². The van der Waals surface area contributed by atoms with Gasteiger partial charge in [-0.15, -0.1) is 0 Å². The minimum absolute atomic E-state index is 0.125. The Bertz CT molecular complexity index is 681. The van der Waals surface area contributed by atoms with Gasteiger partial charge in [-0.25, -0.2) is 4.98 Å². The van der Waals surface area contributed by atoms with Crippen LogP contribution in [0.5, 0.6) is 0 Å². The first-order chi connectivity index (χ1) is 10.5. The summed E-state index contributed by atoms with van der Waals surface area (Å²) in [6, 6.07) is 12.6. The third-order valence-electron chi connectivity index (χ3n) is 3.32. The molecule has 0 aliphatic carbocycles. The minimum Gasteiger partial charge on any atom is -0.355 e. The van der Waals surface area contributed by atoms with E-state index in [0.717, 1.165) is 11.3 Å². The first-order valence-electron chi connectivity index (χ1n) is 7.01. The van der Waals surface area contributed by atoms with E-state index in [4.69, 9.17) is 0 Å². The monoisotopic (exact) mass is 297 g/mol. The first kappa shape index (κ1) is 15.7. The molecule has 2 rings (SSSR count). The minimum atomic E-state index is -0.126. The predicted octanol–water partition coefficient (Wildman–Crippen LogP) is 2.02. The molecular formula is C17H19N3O2. The lowest BCUT2D eigenvalue weighted by Crippen LogP contribution is -2.27. The van der Waals surface area contributed by atoms with Gasteiger partial charge in [-0.05, 0) is 36.8 Å². The number of rotatable bonds is 4. The third kappa shape index (κ3) is 3.69. The Morgan fingerprint density at radius 1 is 1.14 bits per heavy atom. The zero-order valence-corrected chi connectivity index (χ0v) is 13.0. The van der Waals surface area contributed by atoms with Crippen molar-refractivity contribution in [2.75, 3.05) is 14.1 Å². The summed E-state index contributed by atoms with van der Waals surface area (Å²) in [7, 11) is 3.33. The summed E-state index contributed by atoms with van der Waals surface area (Å²) in [6.45, 7) is 2.32. The van der Waals surface area contributed by atoms with Crippen molar-refractivity contribution in [1.82, 2.24) is 15.2 Å². The van der Waals surface area contributed by atoms with Gasteiger partial charge in [0.2, 0.25) is 0 Å². The Kier molecular flexibility index (Phi) is 4.88. The topological polar surface area (TPSA) is 62.3 Å². The molecule has 0 spiro atoms. The van der Waals surface area contributed by atoms with E-state index in [1.165, 1.54) is 0 Å². The van der Waals surface area contributed by atoms with Crippen molar-refractivity contribution in [2.24, 2.45) is 0 Å². The van der Waals surface area contributed by atoms with Crippen LogP contribution in [0.1, 0.15) is 32.1 Å². The smallest absolute Gasteiger partial charge is 0.272 e. The quantitative estimate of drug-likeness (QED) is 0.939. The van der Waals surface area contributed by atoms with Crippen LogP contribution < -0.4 is 5.32 Å². The highest BCUT2D eigenvalue weighted by atomic mass is 16.2. The molecule has 2 amide bonds. The van der Waals surface area contributed by atoms with Gasteiger partial charge >= 0.3 is 0 Å². The Hall–Kier alpha value is -2.69. The molecule has 5 nitrogen and oxygen atoms in total. The van der Waals surface area contributed by atoms with Crippen LogP contribution in [-0.4, -0.2) is 35.8 Å². The SMILES string of the molecule is CNC(=O)c1ccc(CN(C)C(=O)c2cccc(C)n2)cc1. The zero-order valence-electron chi connectivity index (χ0n) is 13.0. The van der Waals surface area contributed by atoms with Gasteiger partial charge in [-0.2, -0.15) is 0 Å². The third-order valence-corrected chi connectivity index (χ3v) is 3.32. The highest BCUT2D eigenvalue weighted by Gasteiger charge is 2.13. The number of amides is 2. The molecule has 1 aromatic heterocycles. The maximum atomic E-state index is 12.3. The van der Waals surface area contributed by atoms with Crippen molar-refractivity contribution < 1.29 is 9.59 Å². The van der Waals surface area contributed by atoms with Crippen LogP contribution >= 0.6 is 0 Å². The summed E-state index contributed by atoms with van der Waals surface area (Å²) in [5, 5.41) is 2.57. The molecule has 2 aromatic rings. The predicted molar refractivity (Wildman–Crippen MR) is 84.6 cm³/mol. The Morgan fingerprint density at radius 3 is 2.41 bits per heavy atom. The molecule has 0 unspecified atom stereocenters. The van der Waals surface area contributed by atoms with Crippen LogP contribution in [0.2, 0.25) is 0 Å². The fourth-order valence-electron chi connectivity index (χ4n) is 2.11. The lowest BCUT2D eigenvalue weighted by molar-refractivity contribution is 0.0778. The Labute approximate surface area is 130 Å². The number of carbonyl (C=O) groups excluding carboxylic acids is 2. The van der Waals surface area contributed by atoms with E-state index in [-0.39, 0.29) is 11.8 Å². The molecule has 0 bridgehead atoms. The van der Waals surface area contributed by atoms with E-state index in [9.17, 15) is 9.59 Å². The molecular weight excluding hydrogens is 278 g/mol. The summed E-state index contributed by atoms with van der Waals surface area (Å²) in [5.74, 6) is -0.251. The molecule has 0 atom stereocenters. The standard InChI is InChI=1S/C17H19N3O2/c1-12-5-4-6-15(19-12)17(22)20(3)11-13-7-9-14(10-8-13)16(21)18-2/h4-10H,11H2,1-3H3,(H,18,21). The lowest BCUT2D eigenvalue weighted by Gasteiger charge is -2.17. The number of carbonyl (C=O) groups is 2. The van der Waals surface area contributed by atoms with Crippen LogP contribution in [0.25, 0.3) is 0 Å². The molecule has 0 radical (unpaired) electrons. The van der Waals surface area contributed by atoms with E-state index in [0.29, 0.717) is 17.8 Å². The maximum absolute atomic E-state index is 12.3. The van der Waals surface area contributed by atoms with Gasteiger partial charge in [-0.1, -0.05) is 18.2 Å². The number of hydrogen-bond donors (Lipinski definition) is 1. The number of nitrogens with one attached hydrogen (secondary N) is 1. The van der Waals surface area contributed by atoms with Gasteiger partial charge in [0.15, 0.2) is 0 Å². The Morgan fingerprint density at radius 2 is 1.82 bits per heavy atom. The maximum Gasteiger partial charge on any atom is 0.272 e. The van der Waals surface area contributed by atoms with Crippen molar-refractivity contribution in [3.8, 4) is 0 Å². The number of aromatic nitrogens is 1. The number of pyridine rings is 1. The fraction of sp³-hybridized carbons (Fsp3) is 0.235. The molecule has 0 saturated carbocycles. The van der Waals surface area contributed by atoms with E-state index in [1.54, 1.807) is 37.2 Å². The van der Waals surface area contributed by atoms with Crippen LogP contribution in [0.3, 0.4) is 0 Å². The fourth-order valence-corrected chi connectivity index (χ4v) is 2.11. The highest BCUT2D eigenvalue weighted by Crippen LogP contribution is 2.09. The summed E-state index contributed by atoms with van der Waals surface area (Å²) < 4.78 is 0. The van der Waals surface area contributed by atoms with Gasteiger partial charge in [0, 0.05) is 31.9 Å².